The summed E-state index contributed by atoms with van der Waals surface area (Å²) < 4.78 is 0. The number of aliphatic carboxylic acids is 1. The van der Waals surface area contributed by atoms with E-state index in [1.54, 1.807) is 0 Å². The third-order valence-corrected chi connectivity index (χ3v) is 5.16. The summed E-state index contributed by atoms with van der Waals surface area (Å²) in [4.78, 5) is 13.5. The summed E-state index contributed by atoms with van der Waals surface area (Å²) in [6, 6.07) is 9.45. The van der Waals surface area contributed by atoms with E-state index in [4.69, 9.17) is 0 Å². The van der Waals surface area contributed by atoms with Crippen molar-refractivity contribution in [3.8, 4) is 0 Å². The molecule has 0 unspecified atom stereocenters. The monoisotopic (exact) mass is 283 g/mol. The number of carboxylic acids is 1. The molecule has 0 aliphatic carbocycles. The molecule has 1 heterocycles. The standard InChI is InChI=1S/C13H17NO2S2/c15-13(16)12(8-11-4-2-1-3-5-11)14-9-17-6-7-18-10-14/h1-5,12H,6-10H2,(H,15,16)/t12-/m1/s1. The molecule has 1 aromatic rings. The quantitative estimate of drug-likeness (QED) is 0.919. The molecule has 1 atom stereocenters. The van der Waals surface area contributed by atoms with E-state index in [-0.39, 0.29) is 0 Å². The van der Waals surface area contributed by atoms with Crippen molar-refractivity contribution in [3.05, 3.63) is 35.9 Å². The molecule has 3 nitrogen and oxygen atoms in total. The fourth-order valence-electron chi connectivity index (χ4n) is 1.91. The van der Waals surface area contributed by atoms with Gasteiger partial charge in [-0.05, 0) is 12.0 Å². The summed E-state index contributed by atoms with van der Waals surface area (Å²) in [6.07, 6.45) is 0.581. The van der Waals surface area contributed by atoms with Crippen LogP contribution in [0.5, 0.6) is 0 Å². The predicted octanol–water partition coefficient (Wildman–Crippen LogP) is 2.38. The van der Waals surface area contributed by atoms with Crippen molar-refractivity contribution in [2.75, 3.05) is 23.3 Å². The van der Waals surface area contributed by atoms with Crippen molar-refractivity contribution < 1.29 is 9.90 Å². The average molecular weight is 283 g/mol. The molecule has 98 valence electrons. The normalized spacial score (nSPS) is 19.1. The summed E-state index contributed by atoms with van der Waals surface area (Å²) in [5, 5.41) is 9.42. The molecule has 0 aromatic heterocycles. The molecule has 0 bridgehead atoms. The Morgan fingerprint density at radius 1 is 1.22 bits per heavy atom. The van der Waals surface area contributed by atoms with Gasteiger partial charge in [-0.3, -0.25) is 9.69 Å². The zero-order valence-corrected chi connectivity index (χ0v) is 11.8. The van der Waals surface area contributed by atoms with E-state index in [9.17, 15) is 9.90 Å². The molecular formula is C13H17NO2S2. The van der Waals surface area contributed by atoms with Crippen LogP contribution in [0.25, 0.3) is 0 Å². The lowest BCUT2D eigenvalue weighted by atomic mass is 10.1. The molecule has 0 radical (unpaired) electrons. The zero-order valence-electron chi connectivity index (χ0n) is 10.1. The molecule has 0 saturated carbocycles. The van der Waals surface area contributed by atoms with Crippen LogP contribution in [0.1, 0.15) is 5.56 Å². The lowest BCUT2D eigenvalue weighted by Crippen LogP contribution is -2.42. The Labute approximate surface area is 116 Å². The van der Waals surface area contributed by atoms with Crippen LogP contribution < -0.4 is 0 Å². The van der Waals surface area contributed by atoms with Gasteiger partial charge in [0.1, 0.15) is 6.04 Å². The molecule has 5 heteroatoms. The second-order valence-corrected chi connectivity index (χ2v) is 6.36. The van der Waals surface area contributed by atoms with Crippen LogP contribution in [0.4, 0.5) is 0 Å². The van der Waals surface area contributed by atoms with E-state index in [0.717, 1.165) is 28.8 Å². The Morgan fingerprint density at radius 2 is 1.83 bits per heavy atom. The van der Waals surface area contributed by atoms with Crippen molar-refractivity contribution in [1.82, 2.24) is 4.90 Å². The van der Waals surface area contributed by atoms with Crippen molar-refractivity contribution >= 4 is 29.5 Å². The number of hydrogen-bond acceptors (Lipinski definition) is 4. The number of hydrogen-bond donors (Lipinski definition) is 1. The van der Waals surface area contributed by atoms with Gasteiger partial charge in [-0.15, -0.1) is 23.5 Å². The summed E-state index contributed by atoms with van der Waals surface area (Å²) in [6.45, 7) is 0. The summed E-state index contributed by atoms with van der Waals surface area (Å²) in [5.74, 6) is 3.13. The molecule has 2 rings (SSSR count). The van der Waals surface area contributed by atoms with Crippen LogP contribution in [0.3, 0.4) is 0 Å². The van der Waals surface area contributed by atoms with Gasteiger partial charge in [-0.2, -0.15) is 0 Å². The van der Waals surface area contributed by atoms with Gasteiger partial charge in [0.2, 0.25) is 0 Å². The largest absolute Gasteiger partial charge is 0.480 e. The van der Waals surface area contributed by atoms with Crippen LogP contribution in [0.15, 0.2) is 30.3 Å². The van der Waals surface area contributed by atoms with Crippen molar-refractivity contribution in [2.45, 2.75) is 12.5 Å². The number of carboxylic acid groups (broad SMARTS) is 1. The van der Waals surface area contributed by atoms with Gasteiger partial charge in [0, 0.05) is 23.3 Å². The van der Waals surface area contributed by atoms with E-state index in [1.807, 2.05) is 53.9 Å². The van der Waals surface area contributed by atoms with Gasteiger partial charge in [0.15, 0.2) is 0 Å². The van der Waals surface area contributed by atoms with Crippen molar-refractivity contribution in [3.63, 3.8) is 0 Å². The minimum absolute atomic E-state index is 0.412. The Balaban J connectivity index is 2.05. The van der Waals surface area contributed by atoms with Gasteiger partial charge in [0.25, 0.3) is 0 Å². The molecule has 0 amide bonds. The lowest BCUT2D eigenvalue weighted by Gasteiger charge is -2.26. The minimum Gasteiger partial charge on any atom is -0.480 e. The first-order valence-electron chi connectivity index (χ1n) is 5.93. The fraction of sp³-hybridized carbons (Fsp3) is 0.462. The topological polar surface area (TPSA) is 40.5 Å². The maximum atomic E-state index is 11.5. The first-order chi connectivity index (χ1) is 8.77. The third kappa shape index (κ3) is 3.93. The first kappa shape index (κ1) is 13.8. The van der Waals surface area contributed by atoms with Crippen LogP contribution in [0.2, 0.25) is 0 Å². The highest BCUT2D eigenvalue weighted by atomic mass is 32.2. The van der Waals surface area contributed by atoms with Crippen LogP contribution in [-0.4, -0.2) is 45.3 Å². The minimum atomic E-state index is -0.720. The highest BCUT2D eigenvalue weighted by Crippen LogP contribution is 2.21. The van der Waals surface area contributed by atoms with Crippen molar-refractivity contribution in [1.29, 1.82) is 0 Å². The van der Waals surface area contributed by atoms with Crippen LogP contribution in [0, 0.1) is 0 Å². The van der Waals surface area contributed by atoms with Crippen LogP contribution in [-0.2, 0) is 11.2 Å². The number of thioether (sulfide) groups is 2. The number of benzene rings is 1. The van der Waals surface area contributed by atoms with Crippen molar-refractivity contribution in [2.24, 2.45) is 0 Å². The van der Waals surface area contributed by atoms with E-state index < -0.39 is 12.0 Å². The molecule has 1 N–H and O–H groups in total. The summed E-state index contributed by atoms with van der Waals surface area (Å²) in [5.41, 5.74) is 1.09. The molecule has 1 aliphatic rings. The van der Waals surface area contributed by atoms with Gasteiger partial charge in [-0.1, -0.05) is 30.3 Å². The van der Waals surface area contributed by atoms with E-state index in [0.29, 0.717) is 6.42 Å². The first-order valence-corrected chi connectivity index (χ1v) is 8.24. The molecule has 1 fully saturated rings. The second kappa shape index (κ2) is 7.07. The Morgan fingerprint density at radius 3 is 2.39 bits per heavy atom. The number of rotatable bonds is 4. The number of nitrogens with zero attached hydrogens (tertiary/aromatic N) is 1. The summed E-state index contributed by atoms with van der Waals surface area (Å²) in [7, 11) is 0. The molecule has 1 aromatic carbocycles. The molecule has 18 heavy (non-hydrogen) atoms. The Bertz CT molecular complexity index is 378. The fourth-order valence-corrected chi connectivity index (χ4v) is 4.24. The second-order valence-electron chi connectivity index (χ2n) is 4.21. The summed E-state index contributed by atoms with van der Waals surface area (Å²) >= 11 is 3.64. The predicted molar refractivity (Wildman–Crippen MR) is 78.1 cm³/mol. The van der Waals surface area contributed by atoms with Gasteiger partial charge in [0.05, 0.1) is 0 Å². The van der Waals surface area contributed by atoms with Crippen LogP contribution >= 0.6 is 23.5 Å². The van der Waals surface area contributed by atoms with E-state index in [1.165, 1.54) is 0 Å². The molecule has 0 spiro atoms. The lowest BCUT2D eigenvalue weighted by molar-refractivity contribution is -0.142. The average Bonchev–Trinajstić information content (AvgIpc) is 2.65. The maximum Gasteiger partial charge on any atom is 0.321 e. The SMILES string of the molecule is O=C(O)[C@@H](Cc1ccccc1)N1CSCCSC1. The molecular weight excluding hydrogens is 266 g/mol. The van der Waals surface area contributed by atoms with Gasteiger partial charge >= 0.3 is 5.97 Å². The molecule has 1 saturated heterocycles. The Kier molecular flexibility index (Phi) is 5.41. The smallest absolute Gasteiger partial charge is 0.321 e. The molecule has 1 aliphatic heterocycles. The van der Waals surface area contributed by atoms with E-state index in [2.05, 4.69) is 4.90 Å². The third-order valence-electron chi connectivity index (χ3n) is 2.88. The maximum absolute atomic E-state index is 11.5. The van der Waals surface area contributed by atoms with Gasteiger partial charge in [-0.25, -0.2) is 0 Å². The number of carbonyl (C=O) groups is 1. The van der Waals surface area contributed by atoms with Gasteiger partial charge < -0.3 is 5.11 Å². The highest BCUT2D eigenvalue weighted by Gasteiger charge is 2.26. The highest BCUT2D eigenvalue weighted by molar-refractivity contribution is 8.03. The zero-order chi connectivity index (χ0) is 12.8. The van der Waals surface area contributed by atoms with E-state index >= 15 is 0 Å². The Hall–Kier alpha value is -0.650.